The summed E-state index contributed by atoms with van der Waals surface area (Å²) in [6.45, 7) is 0.436. The molecule has 2 aromatic rings. The summed E-state index contributed by atoms with van der Waals surface area (Å²) in [4.78, 5) is 12.0. The van der Waals surface area contributed by atoms with Crippen LogP contribution in [0.5, 0.6) is 0 Å². The van der Waals surface area contributed by atoms with Crippen LogP contribution in [0, 0.1) is 0 Å². The standard InChI is InChI=1S/C15H13Cl3N2O/c16-10-2-1-9(14(18)7-10)5-6-20-15(21)12-8-11(19)3-4-13(12)17/h1-4,7-8H,5-6,19H2,(H,20,21). The van der Waals surface area contributed by atoms with Gasteiger partial charge in [0, 0.05) is 22.3 Å². The third kappa shape index (κ3) is 4.27. The van der Waals surface area contributed by atoms with Gasteiger partial charge in [-0.15, -0.1) is 0 Å². The number of anilines is 1. The summed E-state index contributed by atoms with van der Waals surface area (Å²) in [6.07, 6.45) is 0.599. The summed E-state index contributed by atoms with van der Waals surface area (Å²) in [5.74, 6) is -0.266. The van der Waals surface area contributed by atoms with E-state index in [4.69, 9.17) is 40.5 Å². The molecule has 0 saturated heterocycles. The molecule has 0 heterocycles. The van der Waals surface area contributed by atoms with Gasteiger partial charge < -0.3 is 11.1 Å². The van der Waals surface area contributed by atoms with E-state index in [1.54, 1.807) is 30.3 Å². The molecule has 0 unspecified atom stereocenters. The van der Waals surface area contributed by atoms with Crippen molar-refractivity contribution in [3.8, 4) is 0 Å². The Hall–Kier alpha value is -1.42. The van der Waals surface area contributed by atoms with E-state index in [1.807, 2.05) is 6.07 Å². The number of carbonyl (C=O) groups is 1. The van der Waals surface area contributed by atoms with Crippen LogP contribution in [-0.4, -0.2) is 12.5 Å². The van der Waals surface area contributed by atoms with Crippen LogP contribution in [0.2, 0.25) is 15.1 Å². The Morgan fingerprint density at radius 2 is 1.81 bits per heavy atom. The second kappa shape index (κ2) is 7.03. The molecule has 0 atom stereocenters. The van der Waals surface area contributed by atoms with Gasteiger partial charge in [0.1, 0.15) is 0 Å². The first-order valence-corrected chi connectivity index (χ1v) is 7.38. The maximum Gasteiger partial charge on any atom is 0.252 e. The van der Waals surface area contributed by atoms with Crippen LogP contribution in [0.25, 0.3) is 0 Å². The Labute approximate surface area is 138 Å². The number of amides is 1. The maximum atomic E-state index is 12.0. The molecule has 1 amide bonds. The van der Waals surface area contributed by atoms with Crippen LogP contribution in [0.3, 0.4) is 0 Å². The predicted molar refractivity (Wildman–Crippen MR) is 88.4 cm³/mol. The predicted octanol–water partition coefficient (Wildman–Crippen LogP) is 4.20. The van der Waals surface area contributed by atoms with Gasteiger partial charge in [-0.05, 0) is 42.3 Å². The first kappa shape index (κ1) is 16.0. The third-order valence-corrected chi connectivity index (χ3v) is 3.85. The van der Waals surface area contributed by atoms with E-state index >= 15 is 0 Å². The summed E-state index contributed by atoms with van der Waals surface area (Å²) in [7, 11) is 0. The zero-order valence-electron chi connectivity index (χ0n) is 11.0. The van der Waals surface area contributed by atoms with E-state index in [0.717, 1.165) is 5.56 Å². The molecule has 0 fully saturated rings. The van der Waals surface area contributed by atoms with Crippen LogP contribution >= 0.6 is 34.8 Å². The first-order chi connectivity index (χ1) is 9.97. The van der Waals surface area contributed by atoms with Crippen molar-refractivity contribution < 1.29 is 4.79 Å². The fraction of sp³-hybridized carbons (Fsp3) is 0.133. The molecule has 0 radical (unpaired) electrons. The van der Waals surface area contributed by atoms with Crippen molar-refractivity contribution in [1.29, 1.82) is 0 Å². The Morgan fingerprint density at radius 1 is 1.05 bits per heavy atom. The summed E-state index contributed by atoms with van der Waals surface area (Å²) in [5, 5.41) is 4.32. The minimum absolute atomic E-state index is 0.266. The van der Waals surface area contributed by atoms with Gasteiger partial charge >= 0.3 is 0 Å². The minimum atomic E-state index is -0.266. The highest BCUT2D eigenvalue weighted by molar-refractivity contribution is 6.35. The highest BCUT2D eigenvalue weighted by atomic mass is 35.5. The van der Waals surface area contributed by atoms with Gasteiger partial charge in [-0.1, -0.05) is 40.9 Å². The molecule has 110 valence electrons. The highest BCUT2D eigenvalue weighted by Crippen LogP contribution is 2.21. The quantitative estimate of drug-likeness (QED) is 0.817. The van der Waals surface area contributed by atoms with Crippen molar-refractivity contribution in [1.82, 2.24) is 5.32 Å². The topological polar surface area (TPSA) is 55.1 Å². The monoisotopic (exact) mass is 342 g/mol. The van der Waals surface area contributed by atoms with Gasteiger partial charge in [0.25, 0.3) is 5.91 Å². The van der Waals surface area contributed by atoms with Crippen LogP contribution in [0.4, 0.5) is 5.69 Å². The molecule has 2 aromatic carbocycles. The van der Waals surface area contributed by atoms with Crippen molar-refractivity contribution >= 4 is 46.4 Å². The van der Waals surface area contributed by atoms with Gasteiger partial charge in [-0.3, -0.25) is 4.79 Å². The molecular weight excluding hydrogens is 331 g/mol. The molecule has 0 aliphatic carbocycles. The molecule has 0 bridgehead atoms. The Balaban J connectivity index is 1.97. The van der Waals surface area contributed by atoms with Crippen molar-refractivity contribution in [2.45, 2.75) is 6.42 Å². The largest absolute Gasteiger partial charge is 0.399 e. The lowest BCUT2D eigenvalue weighted by molar-refractivity contribution is 0.0954. The van der Waals surface area contributed by atoms with Crippen molar-refractivity contribution in [2.75, 3.05) is 12.3 Å². The molecular formula is C15H13Cl3N2O. The van der Waals surface area contributed by atoms with Crippen LogP contribution in [0.15, 0.2) is 36.4 Å². The molecule has 0 aromatic heterocycles. The molecule has 0 aliphatic heterocycles. The van der Waals surface area contributed by atoms with Gasteiger partial charge in [-0.2, -0.15) is 0 Å². The molecule has 0 spiro atoms. The molecule has 0 saturated carbocycles. The van der Waals surface area contributed by atoms with E-state index in [9.17, 15) is 4.79 Å². The lowest BCUT2D eigenvalue weighted by atomic mass is 10.1. The number of rotatable bonds is 4. The highest BCUT2D eigenvalue weighted by Gasteiger charge is 2.10. The number of nitrogens with one attached hydrogen (secondary N) is 1. The van der Waals surface area contributed by atoms with Crippen LogP contribution in [0.1, 0.15) is 15.9 Å². The summed E-state index contributed by atoms with van der Waals surface area (Å²) in [5.41, 5.74) is 7.42. The van der Waals surface area contributed by atoms with E-state index in [-0.39, 0.29) is 5.91 Å². The maximum absolute atomic E-state index is 12.0. The van der Waals surface area contributed by atoms with Crippen molar-refractivity contribution in [3.05, 3.63) is 62.6 Å². The first-order valence-electron chi connectivity index (χ1n) is 6.24. The minimum Gasteiger partial charge on any atom is -0.399 e. The van der Waals surface area contributed by atoms with Gasteiger partial charge in [0.2, 0.25) is 0 Å². The van der Waals surface area contributed by atoms with E-state index < -0.39 is 0 Å². The SMILES string of the molecule is Nc1ccc(Cl)c(C(=O)NCCc2ccc(Cl)cc2Cl)c1. The Bertz CT molecular complexity index is 674. The number of hydrogen-bond acceptors (Lipinski definition) is 2. The van der Waals surface area contributed by atoms with Crippen LogP contribution in [-0.2, 0) is 6.42 Å². The molecule has 0 aliphatic rings. The number of nitrogens with two attached hydrogens (primary N) is 1. The molecule has 3 nitrogen and oxygen atoms in total. The second-order valence-electron chi connectivity index (χ2n) is 4.48. The summed E-state index contributed by atoms with van der Waals surface area (Å²) >= 11 is 17.9. The number of carbonyl (C=O) groups excluding carboxylic acids is 1. The number of benzene rings is 2. The van der Waals surface area contributed by atoms with E-state index in [0.29, 0.717) is 39.3 Å². The zero-order valence-corrected chi connectivity index (χ0v) is 13.3. The Morgan fingerprint density at radius 3 is 2.52 bits per heavy atom. The molecule has 2 rings (SSSR count). The average molecular weight is 344 g/mol. The van der Waals surface area contributed by atoms with E-state index in [2.05, 4.69) is 5.32 Å². The lowest BCUT2D eigenvalue weighted by Crippen LogP contribution is -2.26. The molecule has 6 heteroatoms. The van der Waals surface area contributed by atoms with E-state index in [1.165, 1.54) is 0 Å². The van der Waals surface area contributed by atoms with Crippen molar-refractivity contribution in [2.24, 2.45) is 0 Å². The van der Waals surface area contributed by atoms with Crippen LogP contribution < -0.4 is 11.1 Å². The number of hydrogen-bond donors (Lipinski definition) is 2. The smallest absolute Gasteiger partial charge is 0.252 e. The second-order valence-corrected chi connectivity index (χ2v) is 5.73. The lowest BCUT2D eigenvalue weighted by Gasteiger charge is -2.08. The van der Waals surface area contributed by atoms with Gasteiger partial charge in [0.05, 0.1) is 10.6 Å². The van der Waals surface area contributed by atoms with Crippen molar-refractivity contribution in [3.63, 3.8) is 0 Å². The number of nitrogen functional groups attached to an aromatic ring is 1. The zero-order chi connectivity index (χ0) is 15.4. The molecule has 3 N–H and O–H groups in total. The summed E-state index contributed by atoms with van der Waals surface area (Å²) in [6, 6.07) is 10.1. The van der Waals surface area contributed by atoms with Gasteiger partial charge in [-0.25, -0.2) is 0 Å². The third-order valence-electron chi connectivity index (χ3n) is 2.93. The number of halogens is 3. The fourth-order valence-electron chi connectivity index (χ4n) is 1.85. The fourth-order valence-corrected chi connectivity index (χ4v) is 2.55. The molecule has 21 heavy (non-hydrogen) atoms. The summed E-state index contributed by atoms with van der Waals surface area (Å²) < 4.78 is 0. The van der Waals surface area contributed by atoms with Gasteiger partial charge in [0.15, 0.2) is 0 Å². The average Bonchev–Trinajstić information content (AvgIpc) is 2.43. The Kier molecular flexibility index (Phi) is 5.34. The normalized spacial score (nSPS) is 10.4.